The second kappa shape index (κ2) is 9.63. The van der Waals surface area contributed by atoms with E-state index in [1.807, 2.05) is 18.2 Å². The number of benzene rings is 3. The van der Waals surface area contributed by atoms with E-state index in [9.17, 15) is 0 Å². The fourth-order valence-electron chi connectivity index (χ4n) is 3.93. The van der Waals surface area contributed by atoms with Crippen LogP contribution in [0.15, 0.2) is 66.7 Å². The van der Waals surface area contributed by atoms with Crippen molar-refractivity contribution in [3.05, 3.63) is 82.9 Å². The summed E-state index contributed by atoms with van der Waals surface area (Å²) in [6.07, 6.45) is 1.03. The first-order valence-corrected chi connectivity index (χ1v) is 11.1. The average molecular weight is 436 g/mol. The molecule has 0 atom stereocenters. The molecule has 4 rings (SSSR count). The maximum atomic E-state index is 6.36. The summed E-state index contributed by atoms with van der Waals surface area (Å²) < 4.78 is 6.09. The lowest BCUT2D eigenvalue weighted by Gasteiger charge is -2.28. The molecule has 0 unspecified atom stereocenters. The number of hydrogen-bond donors (Lipinski definition) is 0. The van der Waals surface area contributed by atoms with E-state index in [0.29, 0.717) is 6.61 Å². The molecule has 3 aromatic rings. The highest BCUT2D eigenvalue weighted by Gasteiger charge is 2.22. The van der Waals surface area contributed by atoms with Crippen LogP contribution in [-0.2, 0) is 13.0 Å². The van der Waals surface area contributed by atoms with Gasteiger partial charge in [0, 0.05) is 55.7 Å². The molecule has 1 aliphatic rings. The van der Waals surface area contributed by atoms with E-state index in [4.69, 9.17) is 16.3 Å². The smallest absolute Gasteiger partial charge is 0.143 e. The Morgan fingerprint density at radius 3 is 2.58 bits per heavy atom. The Hall–Kier alpha value is -2.69. The van der Waals surface area contributed by atoms with Gasteiger partial charge in [-0.05, 0) is 55.4 Å². The number of ether oxygens (including phenoxy) is 1. The number of nitrogens with zero attached hydrogens (tertiary/aromatic N) is 3. The molecule has 1 aliphatic heterocycles. The molecule has 31 heavy (non-hydrogen) atoms. The van der Waals surface area contributed by atoms with Crippen LogP contribution in [-0.4, -0.2) is 45.7 Å². The lowest BCUT2D eigenvalue weighted by molar-refractivity contribution is 0.310. The number of halogens is 1. The van der Waals surface area contributed by atoms with E-state index in [-0.39, 0.29) is 0 Å². The summed E-state index contributed by atoms with van der Waals surface area (Å²) in [7, 11) is 6.35. The summed E-state index contributed by atoms with van der Waals surface area (Å²) in [6, 6.07) is 23.1. The summed E-state index contributed by atoms with van der Waals surface area (Å²) in [6.45, 7) is 3.36. The van der Waals surface area contributed by atoms with E-state index in [1.165, 1.54) is 11.3 Å². The molecule has 0 fully saturated rings. The Balaban J connectivity index is 1.46. The molecule has 0 saturated heterocycles. The number of rotatable bonds is 7. The topological polar surface area (TPSA) is 19.0 Å². The second-order valence-electron chi connectivity index (χ2n) is 8.30. The Morgan fingerprint density at radius 2 is 1.74 bits per heavy atom. The third-order valence-electron chi connectivity index (χ3n) is 5.79. The molecule has 0 radical (unpaired) electrons. The predicted molar refractivity (Wildman–Crippen MR) is 131 cm³/mol. The maximum Gasteiger partial charge on any atom is 0.143 e. The van der Waals surface area contributed by atoms with Crippen molar-refractivity contribution in [1.82, 2.24) is 4.90 Å². The van der Waals surface area contributed by atoms with Crippen molar-refractivity contribution in [2.45, 2.75) is 13.0 Å². The summed E-state index contributed by atoms with van der Waals surface area (Å²) >= 11 is 6.36. The number of para-hydroxylation sites is 2. The number of anilines is 3. The minimum absolute atomic E-state index is 0.554. The molecule has 162 valence electrons. The van der Waals surface area contributed by atoms with E-state index in [0.717, 1.165) is 53.8 Å². The Morgan fingerprint density at radius 1 is 0.903 bits per heavy atom. The van der Waals surface area contributed by atoms with Crippen molar-refractivity contribution in [2.75, 3.05) is 50.6 Å². The highest BCUT2D eigenvalue weighted by molar-refractivity contribution is 6.30. The normalized spacial score (nSPS) is 12.7. The average Bonchev–Trinajstić information content (AvgIpc) is 2.93. The lowest BCUT2D eigenvalue weighted by atomic mass is 10.1. The summed E-state index contributed by atoms with van der Waals surface area (Å²) in [5.74, 6) is 0.915. The van der Waals surface area contributed by atoms with E-state index < -0.39 is 0 Å². The molecule has 5 heteroatoms. The molecule has 0 spiro atoms. The lowest BCUT2D eigenvalue weighted by Crippen LogP contribution is -2.32. The summed E-state index contributed by atoms with van der Waals surface area (Å²) in [4.78, 5) is 6.88. The first-order chi connectivity index (χ1) is 15.0. The quantitative estimate of drug-likeness (QED) is 0.480. The van der Waals surface area contributed by atoms with Crippen LogP contribution >= 0.6 is 11.6 Å². The molecule has 0 aromatic heterocycles. The first-order valence-electron chi connectivity index (χ1n) is 10.7. The van der Waals surface area contributed by atoms with Gasteiger partial charge in [0.05, 0.1) is 5.69 Å². The molecule has 3 aromatic carbocycles. The standard InChI is InChI=1S/C26H30ClN3O/c1-28(2)23-8-6-7-20(17-23)13-14-29(3)15-16-30-24-9-4-5-10-26(24)31-19-21-11-12-22(27)18-25(21)30/h4-12,17-18H,13-16,19H2,1-3H3. The van der Waals surface area contributed by atoms with Crippen molar-refractivity contribution >= 4 is 28.7 Å². The molecule has 0 N–H and O–H groups in total. The van der Waals surface area contributed by atoms with Gasteiger partial charge in [0.1, 0.15) is 12.4 Å². The van der Waals surface area contributed by atoms with E-state index in [1.54, 1.807) is 0 Å². The molecule has 0 bridgehead atoms. The van der Waals surface area contributed by atoms with Gasteiger partial charge < -0.3 is 19.4 Å². The second-order valence-corrected chi connectivity index (χ2v) is 8.74. The Labute approximate surface area is 190 Å². The van der Waals surface area contributed by atoms with Gasteiger partial charge in [-0.2, -0.15) is 0 Å². The van der Waals surface area contributed by atoms with Crippen LogP contribution in [0.1, 0.15) is 11.1 Å². The number of likely N-dealkylation sites (N-methyl/N-ethyl adjacent to an activating group) is 1. The van der Waals surface area contributed by atoms with Gasteiger partial charge in [-0.1, -0.05) is 41.9 Å². The Kier molecular flexibility index (Phi) is 6.69. The summed E-state index contributed by atoms with van der Waals surface area (Å²) in [5.41, 5.74) is 5.99. The molecule has 0 amide bonds. The van der Waals surface area contributed by atoms with Gasteiger partial charge in [0.25, 0.3) is 0 Å². The zero-order chi connectivity index (χ0) is 21.8. The highest BCUT2D eigenvalue weighted by atomic mass is 35.5. The highest BCUT2D eigenvalue weighted by Crippen LogP contribution is 2.40. The zero-order valence-electron chi connectivity index (χ0n) is 18.5. The van der Waals surface area contributed by atoms with Gasteiger partial charge in [0.2, 0.25) is 0 Å². The van der Waals surface area contributed by atoms with Crippen LogP contribution in [0.4, 0.5) is 17.1 Å². The van der Waals surface area contributed by atoms with E-state index in [2.05, 4.69) is 84.4 Å². The number of hydrogen-bond acceptors (Lipinski definition) is 4. The molecule has 1 heterocycles. The monoisotopic (exact) mass is 435 g/mol. The third-order valence-corrected chi connectivity index (χ3v) is 6.03. The van der Waals surface area contributed by atoms with Gasteiger partial charge >= 0.3 is 0 Å². The number of fused-ring (bicyclic) bond motifs is 2. The zero-order valence-corrected chi connectivity index (χ0v) is 19.3. The molecular formula is C26H30ClN3O. The van der Waals surface area contributed by atoms with Crippen molar-refractivity contribution in [2.24, 2.45) is 0 Å². The minimum atomic E-state index is 0.554. The molecule has 0 saturated carbocycles. The van der Waals surface area contributed by atoms with Crippen LogP contribution < -0.4 is 14.5 Å². The fourth-order valence-corrected chi connectivity index (χ4v) is 4.10. The fraction of sp³-hybridized carbons (Fsp3) is 0.308. The first kappa shape index (κ1) is 21.5. The van der Waals surface area contributed by atoms with Crippen LogP contribution in [0.25, 0.3) is 0 Å². The van der Waals surface area contributed by atoms with E-state index >= 15 is 0 Å². The van der Waals surface area contributed by atoms with Crippen molar-refractivity contribution in [1.29, 1.82) is 0 Å². The third kappa shape index (κ3) is 5.15. The van der Waals surface area contributed by atoms with Gasteiger partial charge in [0.15, 0.2) is 0 Å². The molecular weight excluding hydrogens is 406 g/mol. The molecule has 0 aliphatic carbocycles. The van der Waals surface area contributed by atoms with Crippen molar-refractivity contribution < 1.29 is 4.74 Å². The Bertz CT molecular complexity index is 1040. The minimum Gasteiger partial charge on any atom is -0.487 e. The SMILES string of the molecule is CN(CCc1cccc(N(C)C)c1)CCN1c2cc(Cl)ccc2COc2ccccc21. The van der Waals surface area contributed by atoms with Crippen molar-refractivity contribution in [3.8, 4) is 5.75 Å². The summed E-state index contributed by atoms with van der Waals surface area (Å²) in [5, 5.41) is 0.747. The predicted octanol–water partition coefficient (Wildman–Crippen LogP) is 5.61. The largest absolute Gasteiger partial charge is 0.487 e. The molecule has 4 nitrogen and oxygen atoms in total. The van der Waals surface area contributed by atoms with Crippen molar-refractivity contribution in [3.63, 3.8) is 0 Å². The van der Waals surface area contributed by atoms with Crippen LogP contribution in [0.5, 0.6) is 5.75 Å². The van der Waals surface area contributed by atoms with Gasteiger partial charge in [-0.3, -0.25) is 0 Å². The van der Waals surface area contributed by atoms with Gasteiger partial charge in [-0.25, -0.2) is 0 Å². The van der Waals surface area contributed by atoms with Gasteiger partial charge in [-0.15, -0.1) is 0 Å². The maximum absolute atomic E-state index is 6.36. The van der Waals surface area contributed by atoms with Crippen LogP contribution in [0.2, 0.25) is 5.02 Å². The van der Waals surface area contributed by atoms with Crippen LogP contribution in [0.3, 0.4) is 0 Å². The van der Waals surface area contributed by atoms with Crippen LogP contribution in [0, 0.1) is 0 Å².